The van der Waals surface area contributed by atoms with Crippen LogP contribution < -0.4 is 10.3 Å². The fourth-order valence-corrected chi connectivity index (χ4v) is 3.01. The van der Waals surface area contributed by atoms with Crippen molar-refractivity contribution in [3.63, 3.8) is 0 Å². The van der Waals surface area contributed by atoms with E-state index in [2.05, 4.69) is 5.43 Å². The van der Waals surface area contributed by atoms with E-state index in [1.807, 2.05) is 0 Å². The van der Waals surface area contributed by atoms with E-state index in [0.29, 0.717) is 17.5 Å². The van der Waals surface area contributed by atoms with Crippen molar-refractivity contribution in [2.75, 3.05) is 31.7 Å². The summed E-state index contributed by atoms with van der Waals surface area (Å²) < 4.78 is 43.3. The molecule has 0 bridgehead atoms. The highest BCUT2D eigenvalue weighted by Gasteiger charge is 2.41. The van der Waals surface area contributed by atoms with Gasteiger partial charge in [-0.3, -0.25) is 14.6 Å². The molecule has 0 radical (unpaired) electrons. The number of anilines is 1. The Hall–Kier alpha value is -2.39. The fourth-order valence-electron chi connectivity index (χ4n) is 3.01. The number of benzene rings is 1. The van der Waals surface area contributed by atoms with Gasteiger partial charge < -0.3 is 9.64 Å². The minimum absolute atomic E-state index is 0.211. The highest BCUT2D eigenvalue weighted by Crippen LogP contribution is 2.33. The summed E-state index contributed by atoms with van der Waals surface area (Å²) in [5.41, 5.74) is 3.05. The van der Waals surface area contributed by atoms with Gasteiger partial charge in [0, 0.05) is 24.9 Å². The van der Waals surface area contributed by atoms with E-state index in [4.69, 9.17) is 4.74 Å². The van der Waals surface area contributed by atoms with Gasteiger partial charge in [0.2, 0.25) is 0 Å². The van der Waals surface area contributed by atoms with Gasteiger partial charge in [-0.2, -0.15) is 13.2 Å². The van der Waals surface area contributed by atoms with Gasteiger partial charge in [0.25, 0.3) is 5.91 Å². The number of hydrogen-bond donors (Lipinski definition) is 1. The number of amides is 1. The number of carbonyl (C=O) groups is 2. The van der Waals surface area contributed by atoms with Crippen LogP contribution in [0.2, 0.25) is 0 Å². The zero-order valence-corrected chi connectivity index (χ0v) is 13.3. The molecule has 1 saturated heterocycles. The molecule has 1 atom stereocenters. The van der Waals surface area contributed by atoms with Crippen LogP contribution in [-0.2, 0) is 20.5 Å². The minimum Gasteiger partial charge on any atom is -0.382 e. The molecule has 1 unspecified atom stereocenters. The normalized spacial score (nSPS) is 21.0. The summed E-state index contributed by atoms with van der Waals surface area (Å²) in [4.78, 5) is 25.4. The molecule has 2 aliphatic heterocycles. The number of hydrogen-bond acceptors (Lipinski definition) is 5. The molecule has 0 spiro atoms. The first-order valence-corrected chi connectivity index (χ1v) is 7.56. The molecule has 3 rings (SSSR count). The lowest BCUT2D eigenvalue weighted by molar-refractivity contribution is -0.137. The second-order valence-electron chi connectivity index (χ2n) is 5.77. The number of nitrogens with one attached hydrogen (secondary N) is 1. The molecule has 1 aromatic carbocycles. The Labute approximate surface area is 141 Å². The van der Waals surface area contributed by atoms with Crippen molar-refractivity contribution in [3.8, 4) is 0 Å². The molecule has 1 aromatic rings. The summed E-state index contributed by atoms with van der Waals surface area (Å²) in [5, 5.41) is 1.61. The van der Waals surface area contributed by atoms with Crippen LogP contribution in [0.3, 0.4) is 0 Å². The first-order valence-electron chi connectivity index (χ1n) is 7.56. The molecule has 0 saturated carbocycles. The maximum atomic E-state index is 12.8. The lowest BCUT2D eigenvalue weighted by atomic mass is 10.1. The molecular formula is C16H16F3N3O3. The number of aldehydes is 1. The average molecular weight is 355 g/mol. The Morgan fingerprint density at radius 2 is 2.00 bits per heavy atom. The first-order chi connectivity index (χ1) is 11.9. The molecule has 0 aliphatic carbocycles. The zero-order valence-electron chi connectivity index (χ0n) is 13.3. The summed E-state index contributed by atoms with van der Waals surface area (Å²) in [6.07, 6.45) is -3.83. The van der Waals surface area contributed by atoms with Gasteiger partial charge >= 0.3 is 6.18 Å². The van der Waals surface area contributed by atoms with Crippen LogP contribution in [0.4, 0.5) is 18.9 Å². The van der Waals surface area contributed by atoms with Gasteiger partial charge in [0.05, 0.1) is 24.8 Å². The van der Waals surface area contributed by atoms with Crippen molar-refractivity contribution >= 4 is 17.9 Å². The molecule has 6 nitrogen and oxygen atoms in total. The number of alkyl halides is 3. The van der Waals surface area contributed by atoms with Gasteiger partial charge in [0.15, 0.2) is 0 Å². The Bertz CT molecular complexity index is 716. The van der Waals surface area contributed by atoms with Gasteiger partial charge in [0.1, 0.15) is 12.0 Å². The highest BCUT2D eigenvalue weighted by atomic mass is 19.4. The fraction of sp³-hybridized carbons (Fsp3) is 0.375. The largest absolute Gasteiger partial charge is 0.416 e. The van der Waals surface area contributed by atoms with Gasteiger partial charge in [-0.05, 0) is 24.3 Å². The minimum atomic E-state index is -4.44. The second kappa shape index (κ2) is 6.49. The number of carbonyl (C=O) groups excluding carboxylic acids is 2. The van der Waals surface area contributed by atoms with Crippen LogP contribution in [-0.4, -0.2) is 50.1 Å². The van der Waals surface area contributed by atoms with Crippen LogP contribution in [0, 0.1) is 0 Å². The summed E-state index contributed by atoms with van der Waals surface area (Å²) in [6.45, 7) is 0.735. The lowest BCUT2D eigenvalue weighted by Crippen LogP contribution is -2.58. The lowest BCUT2D eigenvalue weighted by Gasteiger charge is -2.40. The molecule has 2 heterocycles. The van der Waals surface area contributed by atoms with Crippen molar-refractivity contribution in [1.29, 1.82) is 0 Å². The maximum absolute atomic E-state index is 12.8. The summed E-state index contributed by atoms with van der Waals surface area (Å²) in [5.74, 6) is -0.431. The van der Waals surface area contributed by atoms with Gasteiger partial charge in [-0.1, -0.05) is 0 Å². The van der Waals surface area contributed by atoms with E-state index in [9.17, 15) is 22.8 Å². The van der Waals surface area contributed by atoms with Crippen molar-refractivity contribution in [2.45, 2.75) is 12.2 Å². The maximum Gasteiger partial charge on any atom is 0.416 e. The van der Waals surface area contributed by atoms with E-state index in [1.165, 1.54) is 24.1 Å². The summed E-state index contributed by atoms with van der Waals surface area (Å²) in [6, 6.07) is 4.11. The summed E-state index contributed by atoms with van der Waals surface area (Å²) in [7, 11) is 1.51. The second-order valence-corrected chi connectivity index (χ2v) is 5.77. The number of nitrogens with zero attached hydrogens (tertiary/aromatic N) is 2. The number of hydrazine groups is 1. The Kier molecular flexibility index (Phi) is 4.53. The first kappa shape index (κ1) is 17.4. The molecule has 2 aliphatic rings. The van der Waals surface area contributed by atoms with Crippen LogP contribution in [0.5, 0.6) is 0 Å². The van der Waals surface area contributed by atoms with E-state index < -0.39 is 17.6 Å². The molecular weight excluding hydrogens is 339 g/mol. The molecule has 134 valence electrons. The number of methoxy groups -OCH3 is 1. The predicted octanol–water partition coefficient (Wildman–Crippen LogP) is 1.34. The molecule has 1 N–H and O–H groups in total. The third-order valence-corrected chi connectivity index (χ3v) is 4.20. The van der Waals surface area contributed by atoms with Crippen molar-refractivity contribution in [3.05, 3.63) is 41.1 Å². The third kappa shape index (κ3) is 3.12. The molecule has 1 fully saturated rings. The Morgan fingerprint density at radius 1 is 1.32 bits per heavy atom. The van der Waals surface area contributed by atoms with E-state index >= 15 is 0 Å². The van der Waals surface area contributed by atoms with E-state index in [0.717, 1.165) is 12.1 Å². The van der Waals surface area contributed by atoms with Crippen molar-refractivity contribution in [1.82, 2.24) is 10.4 Å². The quantitative estimate of drug-likeness (QED) is 0.826. The monoisotopic (exact) mass is 355 g/mol. The van der Waals surface area contributed by atoms with Gasteiger partial charge in [-0.25, -0.2) is 5.43 Å². The van der Waals surface area contributed by atoms with Crippen LogP contribution in [0.1, 0.15) is 5.56 Å². The number of ether oxygens (including phenoxy) is 1. The number of piperazine rings is 1. The van der Waals surface area contributed by atoms with Crippen molar-refractivity contribution < 1.29 is 27.5 Å². The molecule has 9 heteroatoms. The summed E-state index contributed by atoms with van der Waals surface area (Å²) >= 11 is 0. The topological polar surface area (TPSA) is 61.9 Å². The zero-order chi connectivity index (χ0) is 18.2. The third-order valence-electron chi connectivity index (χ3n) is 4.20. The molecule has 1 amide bonds. The van der Waals surface area contributed by atoms with Crippen molar-refractivity contribution in [2.24, 2.45) is 0 Å². The Balaban J connectivity index is 1.95. The number of rotatable bonds is 4. The molecule has 0 aromatic heterocycles. The van der Waals surface area contributed by atoms with E-state index in [1.54, 1.807) is 5.01 Å². The number of halogens is 3. The SMILES string of the molecule is COCC1CN(c2ccc(C(F)(F)F)cc2)C(=O)C2=C(C=O)CNN21. The van der Waals surface area contributed by atoms with Crippen LogP contribution in [0.15, 0.2) is 35.5 Å². The molecule has 25 heavy (non-hydrogen) atoms. The number of fused-ring (bicyclic) bond motifs is 1. The van der Waals surface area contributed by atoms with E-state index in [-0.39, 0.29) is 31.4 Å². The van der Waals surface area contributed by atoms with Crippen LogP contribution >= 0.6 is 0 Å². The van der Waals surface area contributed by atoms with Crippen LogP contribution in [0.25, 0.3) is 0 Å². The standard InChI is InChI=1S/C16H16F3N3O3/c1-25-9-13-7-21(12-4-2-11(3-5-12)16(17,18)19)15(24)14-10(8-23)6-20-22(13)14/h2-5,8,13,20H,6-7,9H2,1H3. The Morgan fingerprint density at radius 3 is 2.56 bits per heavy atom. The van der Waals surface area contributed by atoms with Gasteiger partial charge in [-0.15, -0.1) is 0 Å². The predicted molar refractivity (Wildman–Crippen MR) is 82.4 cm³/mol. The average Bonchev–Trinajstić information content (AvgIpc) is 3.01. The smallest absolute Gasteiger partial charge is 0.382 e. The highest BCUT2D eigenvalue weighted by molar-refractivity contribution is 6.09.